The zero-order valence-corrected chi connectivity index (χ0v) is 15.3. The van der Waals surface area contributed by atoms with Gasteiger partial charge in [-0.15, -0.1) is 10.2 Å². The zero-order chi connectivity index (χ0) is 18.7. The van der Waals surface area contributed by atoms with Crippen LogP contribution in [0.2, 0.25) is 10.0 Å². The van der Waals surface area contributed by atoms with Gasteiger partial charge in [-0.25, -0.2) is 0 Å². The van der Waals surface area contributed by atoms with Gasteiger partial charge in [0.1, 0.15) is 10.6 Å². The molecule has 3 rings (SSSR count). The van der Waals surface area contributed by atoms with Crippen molar-refractivity contribution in [1.29, 1.82) is 0 Å². The number of nitro groups is 1. The number of anilines is 1. The van der Waals surface area contributed by atoms with E-state index in [1.54, 1.807) is 12.1 Å². The molecule has 0 fully saturated rings. The molecule has 0 aliphatic carbocycles. The van der Waals surface area contributed by atoms with Crippen molar-refractivity contribution >= 4 is 51.3 Å². The molecule has 0 unspecified atom stereocenters. The van der Waals surface area contributed by atoms with E-state index < -0.39 is 10.8 Å². The minimum atomic E-state index is -0.660. The van der Waals surface area contributed by atoms with Crippen LogP contribution in [0, 0.1) is 10.1 Å². The molecule has 26 heavy (non-hydrogen) atoms. The van der Waals surface area contributed by atoms with Crippen LogP contribution in [0.4, 0.5) is 10.8 Å². The Bertz CT molecular complexity index is 976. The van der Waals surface area contributed by atoms with Crippen LogP contribution in [-0.2, 0) is 6.42 Å². The number of nitrogens with zero attached hydrogens (tertiary/aromatic N) is 3. The fourth-order valence-corrected chi connectivity index (χ4v) is 3.23. The molecule has 132 valence electrons. The van der Waals surface area contributed by atoms with E-state index in [1.807, 2.05) is 12.1 Å². The van der Waals surface area contributed by atoms with Crippen LogP contribution < -0.4 is 5.32 Å². The second-order valence-corrected chi connectivity index (χ2v) is 7.11. The number of amides is 1. The third-order valence-electron chi connectivity index (χ3n) is 3.36. The quantitative estimate of drug-likeness (QED) is 0.491. The molecule has 1 heterocycles. The summed E-state index contributed by atoms with van der Waals surface area (Å²) >= 11 is 12.8. The lowest BCUT2D eigenvalue weighted by atomic mass is 10.1. The first-order chi connectivity index (χ1) is 12.4. The first-order valence-electron chi connectivity index (χ1n) is 7.24. The zero-order valence-electron chi connectivity index (χ0n) is 13.0. The fourth-order valence-electron chi connectivity index (χ4n) is 2.16. The average Bonchev–Trinajstić information content (AvgIpc) is 3.03. The summed E-state index contributed by atoms with van der Waals surface area (Å²) in [5.74, 6) is -0.650. The van der Waals surface area contributed by atoms with E-state index >= 15 is 0 Å². The van der Waals surface area contributed by atoms with Gasteiger partial charge in [0, 0.05) is 22.5 Å². The molecular formula is C16H10Cl2N4O3S. The minimum Gasteiger partial charge on any atom is -0.296 e. The number of benzene rings is 2. The molecule has 7 nitrogen and oxygen atoms in total. The van der Waals surface area contributed by atoms with Crippen molar-refractivity contribution in [1.82, 2.24) is 10.2 Å². The van der Waals surface area contributed by atoms with Gasteiger partial charge in [-0.05, 0) is 29.8 Å². The number of rotatable bonds is 5. The van der Waals surface area contributed by atoms with Crippen LogP contribution in [-0.4, -0.2) is 21.0 Å². The second-order valence-electron chi connectivity index (χ2n) is 5.18. The first kappa shape index (κ1) is 18.2. The highest BCUT2D eigenvalue weighted by Crippen LogP contribution is 2.25. The Kier molecular flexibility index (Phi) is 5.46. The van der Waals surface area contributed by atoms with Gasteiger partial charge in [0.25, 0.3) is 11.6 Å². The predicted octanol–water partition coefficient (Wildman–Crippen LogP) is 4.60. The van der Waals surface area contributed by atoms with Crippen molar-refractivity contribution in [2.75, 3.05) is 5.32 Å². The third kappa shape index (κ3) is 4.34. The molecule has 2 aromatic carbocycles. The molecule has 0 saturated carbocycles. The highest BCUT2D eigenvalue weighted by molar-refractivity contribution is 7.15. The van der Waals surface area contributed by atoms with Gasteiger partial charge in [0.2, 0.25) is 5.13 Å². The van der Waals surface area contributed by atoms with E-state index in [0.29, 0.717) is 16.5 Å². The summed E-state index contributed by atoms with van der Waals surface area (Å²) in [5.41, 5.74) is 0.520. The number of carbonyl (C=O) groups is 1. The summed E-state index contributed by atoms with van der Waals surface area (Å²) in [7, 11) is 0. The van der Waals surface area contributed by atoms with E-state index in [4.69, 9.17) is 23.2 Å². The Morgan fingerprint density at radius 3 is 2.50 bits per heavy atom. The molecule has 1 aromatic heterocycles. The predicted molar refractivity (Wildman–Crippen MR) is 100 cm³/mol. The summed E-state index contributed by atoms with van der Waals surface area (Å²) in [6.07, 6.45) is 0.534. The van der Waals surface area contributed by atoms with Gasteiger partial charge in [-0.2, -0.15) is 0 Å². The van der Waals surface area contributed by atoms with Crippen molar-refractivity contribution in [2.24, 2.45) is 0 Å². The molecule has 0 aliphatic rings. The monoisotopic (exact) mass is 408 g/mol. The van der Waals surface area contributed by atoms with E-state index in [9.17, 15) is 14.9 Å². The number of nitrogens with one attached hydrogen (secondary N) is 1. The molecule has 1 N–H and O–H groups in total. The molecule has 0 aliphatic heterocycles. The lowest BCUT2D eigenvalue weighted by Crippen LogP contribution is -2.13. The SMILES string of the molecule is O=C(Nc1nnc(Cc2ccc(Cl)cc2)s1)c1ccc(Cl)cc1[N+](=O)[O-]. The van der Waals surface area contributed by atoms with Crippen LogP contribution in [0.25, 0.3) is 0 Å². The maximum Gasteiger partial charge on any atom is 0.283 e. The Morgan fingerprint density at radius 2 is 1.81 bits per heavy atom. The summed E-state index contributed by atoms with van der Waals surface area (Å²) in [6.45, 7) is 0. The Hall–Kier alpha value is -2.55. The summed E-state index contributed by atoms with van der Waals surface area (Å²) in [6, 6.07) is 11.1. The molecule has 0 spiro atoms. The van der Waals surface area contributed by atoms with Gasteiger partial charge >= 0.3 is 0 Å². The first-order valence-corrected chi connectivity index (χ1v) is 8.82. The number of nitro benzene ring substituents is 1. The van der Waals surface area contributed by atoms with Crippen molar-refractivity contribution < 1.29 is 9.72 Å². The number of hydrogen-bond donors (Lipinski definition) is 1. The molecular weight excluding hydrogens is 399 g/mol. The summed E-state index contributed by atoms with van der Waals surface area (Å²) in [5, 5.41) is 23.3. The summed E-state index contributed by atoms with van der Waals surface area (Å²) in [4.78, 5) is 22.8. The van der Waals surface area contributed by atoms with Crippen molar-refractivity contribution in [3.8, 4) is 0 Å². The molecule has 0 bridgehead atoms. The average molecular weight is 409 g/mol. The van der Waals surface area contributed by atoms with Gasteiger partial charge in [-0.3, -0.25) is 20.2 Å². The van der Waals surface area contributed by atoms with Gasteiger partial charge in [0.15, 0.2) is 0 Å². The van der Waals surface area contributed by atoms with Crippen LogP contribution >= 0.6 is 34.5 Å². The van der Waals surface area contributed by atoms with E-state index in [-0.39, 0.29) is 21.4 Å². The minimum absolute atomic E-state index is 0.103. The number of halogens is 2. The molecule has 1 amide bonds. The Morgan fingerprint density at radius 1 is 1.12 bits per heavy atom. The highest BCUT2D eigenvalue weighted by atomic mass is 35.5. The largest absolute Gasteiger partial charge is 0.296 e. The standard InChI is InChI=1S/C16H10Cl2N4O3S/c17-10-3-1-9(2-4-10)7-14-20-21-16(26-14)19-15(23)12-6-5-11(18)8-13(12)22(24)25/h1-6,8H,7H2,(H,19,21,23). The van der Waals surface area contributed by atoms with Gasteiger partial charge in [0.05, 0.1) is 4.92 Å². The van der Waals surface area contributed by atoms with Crippen molar-refractivity contribution in [2.45, 2.75) is 6.42 Å². The molecule has 0 saturated heterocycles. The van der Waals surface area contributed by atoms with E-state index in [1.165, 1.54) is 23.5 Å². The highest BCUT2D eigenvalue weighted by Gasteiger charge is 2.21. The lowest BCUT2D eigenvalue weighted by molar-refractivity contribution is -0.385. The summed E-state index contributed by atoms with van der Waals surface area (Å²) < 4.78 is 0. The molecule has 3 aromatic rings. The van der Waals surface area contributed by atoms with Crippen LogP contribution in [0.1, 0.15) is 20.9 Å². The fraction of sp³-hybridized carbons (Fsp3) is 0.0625. The van der Waals surface area contributed by atoms with Crippen LogP contribution in [0.15, 0.2) is 42.5 Å². The van der Waals surface area contributed by atoms with Crippen LogP contribution in [0.5, 0.6) is 0 Å². The Labute approximate surface area is 161 Å². The second kappa shape index (κ2) is 7.77. The maximum atomic E-state index is 12.3. The Balaban J connectivity index is 1.74. The third-order valence-corrected chi connectivity index (χ3v) is 4.68. The van der Waals surface area contributed by atoms with Crippen LogP contribution in [0.3, 0.4) is 0 Å². The van der Waals surface area contributed by atoms with E-state index in [0.717, 1.165) is 11.6 Å². The smallest absolute Gasteiger partial charge is 0.283 e. The lowest BCUT2D eigenvalue weighted by Gasteiger charge is -2.03. The molecule has 0 radical (unpaired) electrons. The normalized spacial score (nSPS) is 10.5. The number of hydrogen-bond acceptors (Lipinski definition) is 6. The maximum absolute atomic E-state index is 12.3. The van der Waals surface area contributed by atoms with E-state index in [2.05, 4.69) is 15.5 Å². The number of carbonyl (C=O) groups excluding carboxylic acids is 1. The van der Waals surface area contributed by atoms with Crippen molar-refractivity contribution in [3.63, 3.8) is 0 Å². The molecule has 10 heteroatoms. The molecule has 0 atom stereocenters. The van der Waals surface area contributed by atoms with Crippen molar-refractivity contribution in [3.05, 3.63) is 78.8 Å². The topological polar surface area (TPSA) is 98.0 Å². The number of aromatic nitrogens is 2. The van der Waals surface area contributed by atoms with Gasteiger partial charge < -0.3 is 0 Å². The van der Waals surface area contributed by atoms with Gasteiger partial charge in [-0.1, -0.05) is 46.7 Å².